The summed E-state index contributed by atoms with van der Waals surface area (Å²) in [5.74, 6) is 2.34. The Kier molecular flexibility index (Phi) is 46.2. The summed E-state index contributed by atoms with van der Waals surface area (Å²) in [4.78, 5) is 0. The first-order chi connectivity index (χ1) is 66.5. The van der Waals surface area contributed by atoms with E-state index in [0.29, 0.717) is 155 Å². The molecule has 0 saturated heterocycles. The highest BCUT2D eigenvalue weighted by Gasteiger charge is 2.39. The quantitative estimate of drug-likeness (QED) is 0.0222. The Balaban J connectivity index is 0.000000276. The van der Waals surface area contributed by atoms with Crippen LogP contribution in [0.25, 0.3) is 22.3 Å². The highest BCUT2D eigenvalue weighted by atomic mass is 32.2. The van der Waals surface area contributed by atoms with E-state index in [-0.39, 0.29) is 0 Å². The molecule has 0 amide bonds. The van der Waals surface area contributed by atoms with Gasteiger partial charge >= 0.3 is 22.0 Å². The molecule has 12 aromatic rings. The normalized spacial score (nSPS) is 13.5. The fourth-order valence-electron chi connectivity index (χ4n) is 12.1. The Morgan fingerprint density at radius 2 is 0.400 bits per heavy atom. The van der Waals surface area contributed by atoms with Crippen LogP contribution >= 0.6 is 0 Å². The van der Waals surface area contributed by atoms with E-state index >= 15 is 0 Å². The maximum atomic E-state index is 10.7. The van der Waals surface area contributed by atoms with Gasteiger partial charge in [-0.25, -0.2) is 42.8 Å². The van der Waals surface area contributed by atoms with Crippen LogP contribution in [0.3, 0.4) is 0 Å². The Morgan fingerprint density at radius 1 is 0.236 bits per heavy atom. The molecule has 5 heterocycles. The molecule has 13 rings (SSSR count). The second kappa shape index (κ2) is 57.1. The van der Waals surface area contributed by atoms with Crippen LogP contribution in [0.15, 0.2) is 304 Å². The van der Waals surface area contributed by atoms with Crippen molar-refractivity contribution in [2.45, 2.75) is 101 Å². The lowest BCUT2D eigenvalue weighted by molar-refractivity contribution is -0.778. The largest absolute Gasteiger partial charge is 0.741 e. The van der Waals surface area contributed by atoms with E-state index in [9.17, 15) is 52.7 Å². The summed E-state index contributed by atoms with van der Waals surface area (Å²) in [6.07, 6.45) is 17.3. The van der Waals surface area contributed by atoms with E-state index in [0.717, 1.165) is 70.7 Å². The van der Waals surface area contributed by atoms with Crippen LogP contribution in [0.2, 0.25) is 0 Å². The number of aromatic nitrogens is 4. The highest BCUT2D eigenvalue weighted by Crippen LogP contribution is 2.36. The molecule has 0 aliphatic carbocycles. The molecule has 0 radical (unpaired) electrons. The van der Waals surface area contributed by atoms with Gasteiger partial charge in [-0.15, -0.1) is 0 Å². The number of hydrogen-bond acceptors (Lipinski definition) is 24. The molecule has 0 atom stereocenters. The molecule has 754 valence electrons. The van der Waals surface area contributed by atoms with E-state index in [1.807, 2.05) is 146 Å². The summed E-state index contributed by atoms with van der Waals surface area (Å²) in [5.41, 5.74) is -6.89. The van der Waals surface area contributed by atoms with Gasteiger partial charge in [0.25, 0.3) is 0 Å². The van der Waals surface area contributed by atoms with Crippen molar-refractivity contribution in [2.24, 2.45) is 0 Å². The molecule has 140 heavy (non-hydrogen) atoms. The molecule has 0 spiro atoms. The van der Waals surface area contributed by atoms with Crippen molar-refractivity contribution in [1.29, 1.82) is 0 Å². The number of nitrogens with zero attached hydrogens (tertiary/aromatic N) is 4. The monoisotopic (exact) mass is 2050 g/mol. The third kappa shape index (κ3) is 42.6. The van der Waals surface area contributed by atoms with Gasteiger partial charge in [0.2, 0.25) is 13.1 Å². The molecule has 44 heteroatoms. The van der Waals surface area contributed by atoms with Crippen molar-refractivity contribution in [3.63, 3.8) is 0 Å². The molecule has 28 nitrogen and oxygen atoms in total. The first-order valence-corrected chi connectivity index (χ1v) is 47.9. The maximum Gasteiger partial charge on any atom is 0.485 e. The average molecular weight is 2050 g/mol. The molecule has 4 aromatic heterocycles. The standard InChI is InChI=1S/C56H64O12.C36H34N4.4CHF3O3S/c1-5-13-45(14-6-1)37-61-41-49-33-53-54(34-50(49)42-62-38-46-15-7-2-8-16-46)66-30-26-58-23-24-60-28-32-68-56-36-52(44-64-40-48-19-11-4-12-20-48)51(43-63-39-47-17-9-3-10-18-47)35-55(56)67-31-27-59-22-21-57-25-29-65-53;1-3-7-31(8-4-1)29-39-23-15-35(16-24-39)33-11-19-37(20-12-33)27-28-38-21-13-34(14-22-38)36-17-25-40(26-18-36)30-32-9-5-2-6-10-32;4*2-1(3,4)8(5,6)7/h1-20,33-36H,21-32,37-44H2;1-26H,27-30H2;4*(H,5,6,7)/q;+4;;;;/p-4. The van der Waals surface area contributed by atoms with Gasteiger partial charge < -0.3 is 75.1 Å². The van der Waals surface area contributed by atoms with Gasteiger partial charge in [-0.3, -0.25) is 0 Å². The summed E-state index contributed by atoms with van der Waals surface area (Å²) in [6, 6.07) is 87.0. The van der Waals surface area contributed by atoms with Crippen molar-refractivity contribution in [3.05, 3.63) is 360 Å². The number of halogens is 12. The first kappa shape index (κ1) is 113. The second-order valence-electron chi connectivity index (χ2n) is 29.6. The Bertz CT molecular complexity index is 5500. The van der Waals surface area contributed by atoms with E-state index < -0.39 is 62.5 Å². The summed E-state index contributed by atoms with van der Waals surface area (Å²) in [6.45, 7) is 11.1. The van der Waals surface area contributed by atoms with E-state index in [2.05, 4.69) is 177 Å². The Hall–Kier alpha value is -12.0. The average Bonchev–Trinajstić information content (AvgIpc) is 0.818. The van der Waals surface area contributed by atoms with Gasteiger partial charge in [0, 0.05) is 59.7 Å². The minimum atomic E-state index is -6.09. The highest BCUT2D eigenvalue weighted by molar-refractivity contribution is 7.87. The van der Waals surface area contributed by atoms with Crippen molar-refractivity contribution in [3.8, 4) is 45.3 Å². The van der Waals surface area contributed by atoms with Crippen LogP contribution in [-0.2, 0) is 157 Å². The van der Waals surface area contributed by atoms with Gasteiger partial charge in [0.1, 0.15) is 26.4 Å². The lowest BCUT2D eigenvalue weighted by atomic mass is 10.1. The number of ether oxygens (including phenoxy) is 12. The Morgan fingerprint density at radius 3 is 0.579 bits per heavy atom. The minimum absolute atomic E-state index is 0.301. The molecular formula is C96H98F12N4O24S4. The van der Waals surface area contributed by atoms with Gasteiger partial charge in [-0.05, 0) is 91.0 Å². The van der Waals surface area contributed by atoms with Gasteiger partial charge in [-0.1, -0.05) is 182 Å². The zero-order valence-corrected chi connectivity index (χ0v) is 77.9. The van der Waals surface area contributed by atoms with Crippen LogP contribution in [0.1, 0.15) is 55.6 Å². The predicted molar refractivity (Wildman–Crippen MR) is 477 cm³/mol. The molecule has 0 saturated carbocycles. The molecule has 8 aromatic carbocycles. The smallest absolute Gasteiger partial charge is 0.485 e. The number of hydrogen-bond donors (Lipinski definition) is 0. The van der Waals surface area contributed by atoms with Gasteiger partial charge in [-0.2, -0.15) is 61.8 Å². The van der Waals surface area contributed by atoms with Gasteiger partial charge in [0.05, 0.1) is 106 Å². The molecule has 0 unspecified atom stereocenters. The number of pyridine rings is 4. The van der Waals surface area contributed by atoms with Crippen molar-refractivity contribution in [1.82, 2.24) is 0 Å². The molecular weight excluding hydrogens is 1950 g/mol. The second-order valence-corrected chi connectivity index (χ2v) is 35.1. The number of benzene rings is 8. The lowest BCUT2D eigenvalue weighted by Crippen LogP contribution is -2.43. The van der Waals surface area contributed by atoms with Crippen molar-refractivity contribution >= 4 is 40.5 Å². The van der Waals surface area contributed by atoms with Crippen LogP contribution in [0.4, 0.5) is 52.7 Å². The number of fused-ring (bicyclic) bond motifs is 2. The molecule has 0 N–H and O–H groups in total. The van der Waals surface area contributed by atoms with E-state index in [1.165, 1.54) is 33.4 Å². The van der Waals surface area contributed by atoms with Crippen LogP contribution in [0, 0.1) is 0 Å². The number of alkyl halides is 12. The lowest BCUT2D eigenvalue weighted by Gasteiger charge is -2.19. The molecule has 0 bridgehead atoms. The van der Waals surface area contributed by atoms with Gasteiger partial charge in [0.15, 0.2) is 126 Å². The SMILES string of the molecule is O=S(=O)([O-])C(F)(F)F.O=S(=O)([O-])C(F)(F)F.O=S(=O)([O-])C(F)(F)F.O=S(=O)([O-])C(F)(F)F.c1ccc(COCc2cc3c(cc2COCc2ccccc2)OCCOCCOCCOc2cc(COCc4ccccc4)c(COCc4ccccc4)cc2OCCOCCOCCO3)cc1.c1ccc(C[n+]2ccc(-c3cc[n+](CC[n+]4ccc(-c5cc[n+](Cc6ccccc6)cc5)cc4)cc3)cc2)cc1. The molecule has 0 fully saturated rings. The summed E-state index contributed by atoms with van der Waals surface area (Å²) in [7, 11) is -24.4. The third-order valence-corrected chi connectivity index (χ3v) is 21.4. The third-order valence-electron chi connectivity index (χ3n) is 19.1. The summed E-state index contributed by atoms with van der Waals surface area (Å²) < 4.78 is 318. The summed E-state index contributed by atoms with van der Waals surface area (Å²) in [5, 5.41) is 0. The van der Waals surface area contributed by atoms with Crippen molar-refractivity contribution < 1.29 is 180 Å². The maximum absolute atomic E-state index is 10.7. The van der Waals surface area contributed by atoms with Crippen LogP contribution in [0.5, 0.6) is 23.0 Å². The molecule has 1 aliphatic heterocycles. The summed E-state index contributed by atoms with van der Waals surface area (Å²) >= 11 is 0. The van der Waals surface area contributed by atoms with Crippen molar-refractivity contribution in [2.75, 3.05) is 79.3 Å². The Labute approximate surface area is 801 Å². The predicted octanol–water partition coefficient (Wildman–Crippen LogP) is 15.0. The van der Waals surface area contributed by atoms with E-state index in [4.69, 9.17) is 109 Å². The van der Waals surface area contributed by atoms with E-state index in [1.54, 1.807) is 0 Å². The number of rotatable bonds is 25. The first-order valence-electron chi connectivity index (χ1n) is 42.3. The van der Waals surface area contributed by atoms with Crippen LogP contribution < -0.4 is 37.2 Å². The zero-order chi connectivity index (χ0) is 102. The van der Waals surface area contributed by atoms with Crippen LogP contribution in [-0.4, -0.2) is 153 Å². The fourth-order valence-corrected chi connectivity index (χ4v) is 12.1. The topological polar surface area (TPSA) is 355 Å². The molecule has 1 aliphatic rings. The zero-order valence-electron chi connectivity index (χ0n) is 74.6. The fraction of sp³-hybridized carbons (Fsp3) is 0.292. The number of aryl methyl sites for hydroxylation is 2. The minimum Gasteiger partial charge on any atom is -0.741 e.